The lowest BCUT2D eigenvalue weighted by Gasteiger charge is -2.19. The van der Waals surface area contributed by atoms with E-state index in [2.05, 4.69) is 0 Å². The van der Waals surface area contributed by atoms with Crippen molar-refractivity contribution >= 4 is 5.91 Å². The molecular formula is C13H18FNO2. The summed E-state index contributed by atoms with van der Waals surface area (Å²) >= 11 is 0. The second-order valence-electron chi connectivity index (χ2n) is 4.41. The highest BCUT2D eigenvalue weighted by Gasteiger charge is 2.10. The molecule has 0 saturated carbocycles. The predicted octanol–water partition coefficient (Wildman–Crippen LogP) is 2.32. The highest BCUT2D eigenvalue weighted by Crippen LogP contribution is 2.11. The first-order chi connectivity index (χ1) is 7.99. The zero-order valence-corrected chi connectivity index (χ0v) is 10.4. The zero-order valence-electron chi connectivity index (χ0n) is 10.4. The van der Waals surface area contributed by atoms with Gasteiger partial charge in [0.05, 0.1) is 0 Å². The van der Waals surface area contributed by atoms with Gasteiger partial charge >= 0.3 is 0 Å². The molecule has 0 N–H and O–H groups in total. The lowest BCUT2D eigenvalue weighted by Crippen LogP contribution is -2.34. The average molecular weight is 239 g/mol. The highest BCUT2D eigenvalue weighted by molar-refractivity contribution is 5.77. The molecule has 0 fully saturated rings. The van der Waals surface area contributed by atoms with Gasteiger partial charge < -0.3 is 9.64 Å². The van der Waals surface area contributed by atoms with Crippen LogP contribution in [-0.4, -0.2) is 31.0 Å². The molecule has 0 unspecified atom stereocenters. The van der Waals surface area contributed by atoms with Gasteiger partial charge in [-0.15, -0.1) is 0 Å². The lowest BCUT2D eigenvalue weighted by atomic mass is 10.2. The van der Waals surface area contributed by atoms with Crippen molar-refractivity contribution in [3.63, 3.8) is 0 Å². The second-order valence-corrected chi connectivity index (χ2v) is 4.41. The van der Waals surface area contributed by atoms with E-state index >= 15 is 0 Å². The van der Waals surface area contributed by atoms with Gasteiger partial charge in [0.2, 0.25) is 0 Å². The molecule has 4 heteroatoms. The summed E-state index contributed by atoms with van der Waals surface area (Å²) in [4.78, 5) is 13.3. The van der Waals surface area contributed by atoms with Gasteiger partial charge in [0.15, 0.2) is 6.61 Å². The smallest absolute Gasteiger partial charge is 0.260 e. The van der Waals surface area contributed by atoms with Crippen molar-refractivity contribution in [2.24, 2.45) is 5.92 Å². The molecule has 1 aromatic rings. The predicted molar refractivity (Wildman–Crippen MR) is 64.4 cm³/mol. The van der Waals surface area contributed by atoms with Crippen LogP contribution in [-0.2, 0) is 4.79 Å². The van der Waals surface area contributed by atoms with Gasteiger partial charge in [-0.1, -0.05) is 13.8 Å². The molecule has 1 aromatic carbocycles. The molecule has 1 amide bonds. The maximum absolute atomic E-state index is 12.6. The summed E-state index contributed by atoms with van der Waals surface area (Å²) < 4.78 is 17.9. The Morgan fingerprint density at radius 1 is 1.35 bits per heavy atom. The van der Waals surface area contributed by atoms with Crippen molar-refractivity contribution in [2.75, 3.05) is 20.2 Å². The molecule has 0 aliphatic rings. The Morgan fingerprint density at radius 3 is 2.47 bits per heavy atom. The van der Waals surface area contributed by atoms with E-state index in [0.717, 1.165) is 0 Å². The molecule has 17 heavy (non-hydrogen) atoms. The summed E-state index contributed by atoms with van der Waals surface area (Å²) in [6.07, 6.45) is 0. The minimum atomic E-state index is -0.319. The van der Waals surface area contributed by atoms with Crippen molar-refractivity contribution in [2.45, 2.75) is 13.8 Å². The van der Waals surface area contributed by atoms with Gasteiger partial charge in [0.1, 0.15) is 11.6 Å². The molecule has 1 rings (SSSR count). The topological polar surface area (TPSA) is 29.5 Å². The van der Waals surface area contributed by atoms with Crippen LogP contribution >= 0.6 is 0 Å². The third kappa shape index (κ3) is 4.85. The summed E-state index contributed by atoms with van der Waals surface area (Å²) in [6.45, 7) is 4.77. The van der Waals surface area contributed by atoms with Gasteiger partial charge in [-0.25, -0.2) is 4.39 Å². The van der Waals surface area contributed by atoms with Crippen LogP contribution in [0.1, 0.15) is 13.8 Å². The first-order valence-electron chi connectivity index (χ1n) is 5.61. The van der Waals surface area contributed by atoms with Crippen LogP contribution in [0.25, 0.3) is 0 Å². The van der Waals surface area contributed by atoms with Crippen LogP contribution in [0, 0.1) is 11.7 Å². The van der Waals surface area contributed by atoms with E-state index in [0.29, 0.717) is 18.2 Å². The number of hydrogen-bond acceptors (Lipinski definition) is 2. The maximum atomic E-state index is 12.6. The molecule has 0 spiro atoms. The van der Waals surface area contributed by atoms with Gasteiger partial charge in [-0.3, -0.25) is 4.79 Å². The average Bonchev–Trinajstić information content (AvgIpc) is 2.27. The van der Waals surface area contributed by atoms with Crippen molar-refractivity contribution in [1.82, 2.24) is 4.90 Å². The second kappa shape index (κ2) is 6.23. The lowest BCUT2D eigenvalue weighted by molar-refractivity contribution is -0.132. The molecule has 0 saturated heterocycles. The largest absolute Gasteiger partial charge is 0.484 e. The minimum Gasteiger partial charge on any atom is -0.484 e. The van der Waals surface area contributed by atoms with Gasteiger partial charge in [-0.2, -0.15) is 0 Å². The van der Waals surface area contributed by atoms with Crippen molar-refractivity contribution in [1.29, 1.82) is 0 Å². The number of carbonyl (C=O) groups is 1. The molecule has 3 nitrogen and oxygen atoms in total. The fourth-order valence-corrected chi connectivity index (χ4v) is 1.44. The molecular weight excluding hydrogens is 221 g/mol. The van der Waals surface area contributed by atoms with E-state index in [4.69, 9.17) is 4.74 Å². The first-order valence-corrected chi connectivity index (χ1v) is 5.61. The Morgan fingerprint density at radius 2 is 1.94 bits per heavy atom. The van der Waals surface area contributed by atoms with Gasteiger partial charge in [0.25, 0.3) is 5.91 Å². The van der Waals surface area contributed by atoms with E-state index < -0.39 is 0 Å². The molecule has 0 aliphatic carbocycles. The van der Waals surface area contributed by atoms with Crippen LogP contribution in [0.4, 0.5) is 4.39 Å². The molecule has 0 aromatic heterocycles. The fraction of sp³-hybridized carbons (Fsp3) is 0.462. The van der Waals surface area contributed by atoms with Crippen LogP contribution in [0.2, 0.25) is 0 Å². The third-order valence-electron chi connectivity index (χ3n) is 2.24. The SMILES string of the molecule is CC(C)CN(C)C(=O)COc1ccc(F)cc1. The van der Waals surface area contributed by atoms with Crippen LogP contribution < -0.4 is 4.74 Å². The van der Waals surface area contributed by atoms with E-state index in [-0.39, 0.29) is 18.3 Å². The number of benzene rings is 1. The molecule has 0 radical (unpaired) electrons. The Kier molecular flexibility index (Phi) is 4.94. The Bertz CT molecular complexity index is 362. The van der Waals surface area contributed by atoms with E-state index in [9.17, 15) is 9.18 Å². The number of rotatable bonds is 5. The molecule has 0 bridgehead atoms. The first kappa shape index (κ1) is 13.5. The number of hydrogen-bond donors (Lipinski definition) is 0. The number of ether oxygens (including phenoxy) is 1. The van der Waals surface area contributed by atoms with Crippen LogP contribution in [0.5, 0.6) is 5.75 Å². The third-order valence-corrected chi connectivity index (χ3v) is 2.24. The Balaban J connectivity index is 2.40. The monoisotopic (exact) mass is 239 g/mol. The number of carbonyl (C=O) groups excluding carboxylic acids is 1. The number of amides is 1. The number of nitrogens with zero attached hydrogens (tertiary/aromatic N) is 1. The summed E-state index contributed by atoms with van der Waals surface area (Å²) in [7, 11) is 1.75. The van der Waals surface area contributed by atoms with E-state index in [1.165, 1.54) is 24.3 Å². The van der Waals surface area contributed by atoms with Crippen LogP contribution in [0.15, 0.2) is 24.3 Å². The van der Waals surface area contributed by atoms with E-state index in [1.54, 1.807) is 11.9 Å². The van der Waals surface area contributed by atoms with Crippen LogP contribution in [0.3, 0.4) is 0 Å². The van der Waals surface area contributed by atoms with Crippen molar-refractivity contribution in [3.8, 4) is 5.75 Å². The Labute approximate surface area is 101 Å². The fourth-order valence-electron chi connectivity index (χ4n) is 1.44. The quantitative estimate of drug-likeness (QED) is 0.789. The normalized spacial score (nSPS) is 10.4. The van der Waals surface area contributed by atoms with Gasteiger partial charge in [-0.05, 0) is 30.2 Å². The summed E-state index contributed by atoms with van der Waals surface area (Å²) in [6, 6.07) is 5.62. The van der Waals surface area contributed by atoms with Crippen molar-refractivity contribution in [3.05, 3.63) is 30.1 Å². The molecule has 0 aliphatic heterocycles. The summed E-state index contributed by atoms with van der Waals surface area (Å²) in [5.41, 5.74) is 0. The Hall–Kier alpha value is -1.58. The maximum Gasteiger partial charge on any atom is 0.260 e. The minimum absolute atomic E-state index is 0.0190. The molecule has 0 atom stereocenters. The summed E-state index contributed by atoms with van der Waals surface area (Å²) in [5, 5.41) is 0. The molecule has 0 heterocycles. The molecule has 94 valence electrons. The van der Waals surface area contributed by atoms with Crippen molar-refractivity contribution < 1.29 is 13.9 Å². The van der Waals surface area contributed by atoms with Gasteiger partial charge in [0, 0.05) is 13.6 Å². The number of likely N-dealkylation sites (N-methyl/N-ethyl adjacent to an activating group) is 1. The number of halogens is 1. The highest BCUT2D eigenvalue weighted by atomic mass is 19.1. The standard InChI is InChI=1S/C13H18FNO2/c1-10(2)8-15(3)13(16)9-17-12-6-4-11(14)5-7-12/h4-7,10H,8-9H2,1-3H3. The summed E-state index contributed by atoms with van der Waals surface area (Å²) in [5.74, 6) is 0.524. The van der Waals surface area contributed by atoms with E-state index in [1.807, 2.05) is 13.8 Å². The zero-order chi connectivity index (χ0) is 12.8.